The van der Waals surface area contributed by atoms with Gasteiger partial charge in [-0.05, 0) is 62.1 Å². The Balaban J connectivity index is 1.56. The molecule has 0 aromatic heterocycles. The van der Waals surface area contributed by atoms with Gasteiger partial charge in [0.25, 0.3) is 0 Å². The molecule has 214 valence electrons. The fourth-order valence-corrected chi connectivity index (χ4v) is 4.79. The zero-order chi connectivity index (χ0) is 29.4. The van der Waals surface area contributed by atoms with Crippen LogP contribution in [0.3, 0.4) is 0 Å². The van der Waals surface area contributed by atoms with E-state index in [1.807, 2.05) is 57.2 Å². The molecule has 1 aliphatic heterocycles. The summed E-state index contributed by atoms with van der Waals surface area (Å²) in [7, 11) is 0. The lowest BCUT2D eigenvalue weighted by Crippen LogP contribution is -2.22. The molecule has 8 nitrogen and oxygen atoms in total. The van der Waals surface area contributed by atoms with Crippen molar-refractivity contribution in [3.8, 4) is 34.8 Å². The number of allylic oxidation sites excluding steroid dienone is 1. The zero-order valence-electron chi connectivity index (χ0n) is 24.0. The summed E-state index contributed by atoms with van der Waals surface area (Å²) in [5.74, 6) is 1.50. The van der Waals surface area contributed by atoms with Gasteiger partial charge < -0.3 is 29.4 Å². The van der Waals surface area contributed by atoms with Crippen LogP contribution in [0, 0.1) is 25.2 Å². The van der Waals surface area contributed by atoms with Crippen LogP contribution >= 0.6 is 0 Å². The predicted octanol–water partition coefficient (Wildman–Crippen LogP) is 6.47. The van der Waals surface area contributed by atoms with Gasteiger partial charge in [0.1, 0.15) is 28.9 Å². The zero-order valence-corrected chi connectivity index (χ0v) is 24.0. The monoisotopic (exact) mass is 556 g/mol. The van der Waals surface area contributed by atoms with E-state index in [1.165, 1.54) is 0 Å². The summed E-state index contributed by atoms with van der Waals surface area (Å²) in [6.07, 6.45) is 3.16. The first-order valence-corrected chi connectivity index (χ1v) is 13.9. The number of aryl methyl sites for hydroxylation is 2. The van der Waals surface area contributed by atoms with Gasteiger partial charge in [0.2, 0.25) is 5.88 Å². The largest absolute Gasteiger partial charge is 0.490 e. The van der Waals surface area contributed by atoms with Gasteiger partial charge in [-0.1, -0.05) is 50.1 Å². The number of hydrogen-bond donors (Lipinski definition) is 1. The van der Waals surface area contributed by atoms with Gasteiger partial charge in [0.05, 0.1) is 19.1 Å². The number of hydrogen-bond acceptors (Lipinski definition) is 8. The average Bonchev–Trinajstić information content (AvgIpc) is 2.95. The van der Waals surface area contributed by atoms with Crippen LogP contribution in [0.15, 0.2) is 66.1 Å². The van der Waals surface area contributed by atoms with E-state index in [2.05, 4.69) is 13.0 Å². The van der Waals surface area contributed by atoms with Crippen LogP contribution in [0.1, 0.15) is 61.3 Å². The van der Waals surface area contributed by atoms with Crippen molar-refractivity contribution in [1.29, 1.82) is 5.26 Å². The minimum absolute atomic E-state index is 0.00955. The molecule has 0 spiro atoms. The first-order chi connectivity index (χ1) is 19.9. The molecule has 0 bridgehead atoms. The van der Waals surface area contributed by atoms with Gasteiger partial charge in [0.15, 0.2) is 18.1 Å². The topological polar surface area (TPSA) is 113 Å². The van der Waals surface area contributed by atoms with Crippen molar-refractivity contribution >= 4 is 5.97 Å². The first-order valence-electron chi connectivity index (χ1n) is 13.9. The van der Waals surface area contributed by atoms with Crippen LogP contribution in [0.4, 0.5) is 0 Å². The third kappa shape index (κ3) is 6.93. The lowest BCUT2D eigenvalue weighted by molar-refractivity contribution is -0.136. The molecule has 4 rings (SSSR count). The molecule has 0 radical (unpaired) electrons. The molecule has 0 amide bonds. The van der Waals surface area contributed by atoms with Gasteiger partial charge >= 0.3 is 5.97 Å². The molecule has 1 unspecified atom stereocenters. The third-order valence-corrected chi connectivity index (χ3v) is 6.77. The standard InChI is InChI=1S/C33H36N2O6/c1-5-7-8-16-38-27-15-12-23(17-29(27)37-6-2)31-25-14-13-24(18-28(25)41-33(35)26(31)19-34)40-30(36)20-39-32-21(3)10-9-11-22(32)4/h9-15,17-18,31H,5-8,16,20,35H2,1-4H3. The second-order valence-corrected chi connectivity index (χ2v) is 9.80. The summed E-state index contributed by atoms with van der Waals surface area (Å²) in [4.78, 5) is 12.6. The van der Waals surface area contributed by atoms with E-state index in [9.17, 15) is 10.1 Å². The smallest absolute Gasteiger partial charge is 0.349 e. The predicted molar refractivity (Wildman–Crippen MR) is 155 cm³/mol. The van der Waals surface area contributed by atoms with E-state index >= 15 is 0 Å². The van der Waals surface area contributed by atoms with Crippen molar-refractivity contribution in [2.45, 2.75) is 52.9 Å². The number of unbranched alkanes of at least 4 members (excludes halogenated alkanes) is 2. The number of carbonyl (C=O) groups is 1. The Morgan fingerprint density at radius 3 is 2.46 bits per heavy atom. The van der Waals surface area contributed by atoms with Crippen LogP contribution in [0.2, 0.25) is 0 Å². The van der Waals surface area contributed by atoms with E-state index in [-0.39, 0.29) is 23.8 Å². The number of rotatable bonds is 12. The lowest BCUT2D eigenvalue weighted by atomic mass is 9.83. The molecule has 1 heterocycles. The molecule has 0 saturated heterocycles. The highest BCUT2D eigenvalue weighted by atomic mass is 16.6. The van der Waals surface area contributed by atoms with Gasteiger partial charge in [-0.3, -0.25) is 0 Å². The summed E-state index contributed by atoms with van der Waals surface area (Å²) >= 11 is 0. The average molecular weight is 557 g/mol. The maximum Gasteiger partial charge on any atom is 0.349 e. The molecule has 3 aromatic carbocycles. The Hall–Kier alpha value is -4.64. The number of fused-ring (bicyclic) bond motifs is 1. The Morgan fingerprint density at radius 2 is 1.76 bits per heavy atom. The first kappa shape index (κ1) is 29.3. The molecule has 3 aromatic rings. The normalized spacial score (nSPS) is 14.0. The number of ether oxygens (including phenoxy) is 5. The SMILES string of the molecule is CCCCCOc1ccc(C2C(C#N)=C(N)Oc3cc(OC(=O)COc4c(C)cccc4C)ccc32)cc1OCC. The summed E-state index contributed by atoms with van der Waals surface area (Å²) in [5, 5.41) is 9.97. The molecular formula is C33H36N2O6. The number of carbonyl (C=O) groups excluding carboxylic acids is 1. The Bertz CT molecular complexity index is 1450. The fraction of sp³-hybridized carbons (Fsp3) is 0.333. The number of para-hydroxylation sites is 1. The molecule has 41 heavy (non-hydrogen) atoms. The number of nitriles is 1. The fourth-order valence-electron chi connectivity index (χ4n) is 4.79. The van der Waals surface area contributed by atoms with Crippen molar-refractivity contribution in [1.82, 2.24) is 0 Å². The van der Waals surface area contributed by atoms with Crippen molar-refractivity contribution in [2.75, 3.05) is 19.8 Å². The number of nitrogens with zero attached hydrogens (tertiary/aromatic N) is 1. The van der Waals surface area contributed by atoms with E-state index < -0.39 is 11.9 Å². The Morgan fingerprint density at radius 1 is 0.976 bits per heavy atom. The van der Waals surface area contributed by atoms with Crippen LogP contribution < -0.4 is 29.4 Å². The van der Waals surface area contributed by atoms with Crippen molar-refractivity contribution < 1.29 is 28.5 Å². The van der Waals surface area contributed by atoms with Crippen molar-refractivity contribution in [2.24, 2.45) is 5.73 Å². The third-order valence-electron chi connectivity index (χ3n) is 6.77. The second-order valence-electron chi connectivity index (χ2n) is 9.80. The highest BCUT2D eigenvalue weighted by molar-refractivity contribution is 5.74. The Labute approximate surface area is 241 Å². The quantitative estimate of drug-likeness (QED) is 0.153. The maximum atomic E-state index is 12.6. The van der Waals surface area contributed by atoms with Gasteiger partial charge in [-0.15, -0.1) is 0 Å². The maximum absolute atomic E-state index is 12.6. The molecule has 0 saturated carbocycles. The molecule has 1 aliphatic rings. The summed E-state index contributed by atoms with van der Waals surface area (Å²) in [6.45, 7) is 8.71. The molecule has 0 fully saturated rings. The molecule has 1 atom stereocenters. The van der Waals surface area contributed by atoms with E-state index in [4.69, 9.17) is 29.4 Å². The van der Waals surface area contributed by atoms with Crippen LogP contribution in [0.25, 0.3) is 0 Å². The van der Waals surface area contributed by atoms with Crippen LogP contribution in [0.5, 0.6) is 28.7 Å². The van der Waals surface area contributed by atoms with E-state index in [0.29, 0.717) is 41.8 Å². The van der Waals surface area contributed by atoms with Crippen molar-refractivity contribution in [3.05, 3.63) is 88.3 Å². The highest BCUT2D eigenvalue weighted by Gasteiger charge is 2.32. The minimum Gasteiger partial charge on any atom is -0.490 e. The van der Waals surface area contributed by atoms with E-state index in [1.54, 1.807) is 18.2 Å². The minimum atomic E-state index is -0.558. The summed E-state index contributed by atoms with van der Waals surface area (Å²) in [6, 6.07) is 18.6. The number of nitrogens with two attached hydrogens (primary N) is 1. The molecule has 0 aliphatic carbocycles. The van der Waals surface area contributed by atoms with E-state index in [0.717, 1.165) is 36.0 Å². The molecule has 2 N–H and O–H groups in total. The Kier molecular flexibility index (Phi) is 9.75. The van der Waals surface area contributed by atoms with Crippen LogP contribution in [-0.4, -0.2) is 25.8 Å². The highest BCUT2D eigenvalue weighted by Crippen LogP contribution is 2.45. The van der Waals surface area contributed by atoms with Gasteiger partial charge in [-0.2, -0.15) is 5.26 Å². The molecular weight excluding hydrogens is 520 g/mol. The van der Waals surface area contributed by atoms with Crippen molar-refractivity contribution in [3.63, 3.8) is 0 Å². The van der Waals surface area contributed by atoms with Gasteiger partial charge in [0, 0.05) is 11.6 Å². The second kappa shape index (κ2) is 13.6. The number of esters is 1. The lowest BCUT2D eigenvalue weighted by Gasteiger charge is -2.27. The molecule has 8 heteroatoms. The number of benzene rings is 3. The summed E-state index contributed by atoms with van der Waals surface area (Å²) in [5.41, 5.74) is 9.85. The summed E-state index contributed by atoms with van der Waals surface area (Å²) < 4.78 is 28.9. The van der Waals surface area contributed by atoms with Gasteiger partial charge in [-0.25, -0.2) is 4.79 Å². The van der Waals surface area contributed by atoms with Crippen LogP contribution in [-0.2, 0) is 4.79 Å².